The summed E-state index contributed by atoms with van der Waals surface area (Å²) in [5.41, 5.74) is 8.13. The monoisotopic (exact) mass is 481 g/mol. The molecule has 1 aliphatic carbocycles. The molecule has 0 saturated carbocycles. The standard InChI is InChI=1S/C23H24ClN7O3/c1-13-10-18(25)30(28-13)22(33)20-16(24)8-5-9-17(20)34-12-15-11-19(32)31-23(26-15)27-21(29-31)14-6-3-2-4-7-14/h5-6,8-9,11,18H,2-4,7,10,12,25H2,1H3,(H,26,27,29). The van der Waals surface area contributed by atoms with Gasteiger partial charge in [0.05, 0.1) is 10.7 Å². The van der Waals surface area contributed by atoms with Crippen molar-refractivity contribution in [1.29, 1.82) is 0 Å². The zero-order valence-electron chi connectivity index (χ0n) is 18.6. The van der Waals surface area contributed by atoms with E-state index < -0.39 is 12.1 Å². The number of nitrogens with zero attached hydrogens (tertiary/aromatic N) is 5. The Labute approximate surface area is 200 Å². The number of carbonyl (C=O) groups is 1. The number of hydrogen-bond donors (Lipinski definition) is 2. The minimum absolute atomic E-state index is 0.0500. The lowest BCUT2D eigenvalue weighted by molar-refractivity contribution is 0.0712. The topological polar surface area (TPSA) is 131 Å². The summed E-state index contributed by atoms with van der Waals surface area (Å²) in [6.45, 7) is 1.76. The van der Waals surface area contributed by atoms with Gasteiger partial charge < -0.3 is 10.5 Å². The number of halogens is 1. The van der Waals surface area contributed by atoms with Crippen molar-refractivity contribution >= 4 is 34.6 Å². The third kappa shape index (κ3) is 4.22. The van der Waals surface area contributed by atoms with Crippen LogP contribution in [0.3, 0.4) is 0 Å². The van der Waals surface area contributed by atoms with Gasteiger partial charge in [-0.15, -0.1) is 0 Å². The van der Waals surface area contributed by atoms with Gasteiger partial charge >= 0.3 is 0 Å². The molecule has 1 aromatic carbocycles. The number of ether oxygens (including phenoxy) is 1. The minimum atomic E-state index is -0.561. The number of fused-ring (bicyclic) bond motifs is 1. The highest BCUT2D eigenvalue weighted by molar-refractivity contribution is 6.34. The fraction of sp³-hybridized carbons (Fsp3) is 0.348. The first-order chi connectivity index (χ1) is 16.4. The Kier molecular flexibility index (Phi) is 5.93. The van der Waals surface area contributed by atoms with Crippen molar-refractivity contribution in [2.75, 3.05) is 0 Å². The van der Waals surface area contributed by atoms with E-state index in [0.29, 0.717) is 17.9 Å². The molecule has 0 spiro atoms. The first-order valence-corrected chi connectivity index (χ1v) is 11.5. The van der Waals surface area contributed by atoms with Crippen molar-refractivity contribution < 1.29 is 9.53 Å². The second kappa shape index (κ2) is 9.03. The van der Waals surface area contributed by atoms with E-state index in [-0.39, 0.29) is 34.3 Å². The minimum Gasteiger partial charge on any atom is -0.486 e. The number of rotatable bonds is 5. The van der Waals surface area contributed by atoms with E-state index in [0.717, 1.165) is 37.0 Å². The summed E-state index contributed by atoms with van der Waals surface area (Å²) in [6.07, 6.45) is 6.25. The quantitative estimate of drug-likeness (QED) is 0.575. The number of amides is 1. The lowest BCUT2D eigenvalue weighted by atomic mass is 9.99. The van der Waals surface area contributed by atoms with E-state index in [9.17, 15) is 9.59 Å². The highest BCUT2D eigenvalue weighted by atomic mass is 35.5. The molecule has 3 N–H and O–H groups in total. The molecule has 2 aliphatic rings. The van der Waals surface area contributed by atoms with Crippen molar-refractivity contribution in [3.05, 3.63) is 62.8 Å². The third-order valence-corrected chi connectivity index (χ3v) is 6.16. The molecule has 3 heterocycles. The predicted molar refractivity (Wildman–Crippen MR) is 128 cm³/mol. The number of aromatic nitrogens is 4. The zero-order chi connectivity index (χ0) is 23.8. The summed E-state index contributed by atoms with van der Waals surface area (Å²) in [4.78, 5) is 34.7. The molecule has 1 aliphatic heterocycles. The number of H-pyrrole nitrogens is 1. The Hall–Kier alpha value is -3.50. The van der Waals surface area contributed by atoms with E-state index in [1.54, 1.807) is 18.2 Å². The van der Waals surface area contributed by atoms with Gasteiger partial charge in [-0.3, -0.25) is 14.7 Å². The van der Waals surface area contributed by atoms with E-state index in [2.05, 4.69) is 26.2 Å². The van der Waals surface area contributed by atoms with Crippen LogP contribution in [-0.4, -0.2) is 42.4 Å². The average Bonchev–Trinajstić information content (AvgIpc) is 3.41. The molecular weight excluding hydrogens is 458 g/mol. The smallest absolute Gasteiger partial charge is 0.280 e. The van der Waals surface area contributed by atoms with E-state index in [1.807, 2.05) is 6.92 Å². The maximum atomic E-state index is 13.1. The molecule has 11 heteroatoms. The number of carbonyl (C=O) groups excluding carboxylic acids is 1. The summed E-state index contributed by atoms with van der Waals surface area (Å²) in [5, 5.41) is 8.69. The van der Waals surface area contributed by atoms with Gasteiger partial charge in [-0.1, -0.05) is 23.7 Å². The third-order valence-electron chi connectivity index (χ3n) is 5.85. The first-order valence-electron chi connectivity index (χ1n) is 11.1. The van der Waals surface area contributed by atoms with Crippen LogP contribution in [0.25, 0.3) is 11.4 Å². The molecule has 1 atom stereocenters. The van der Waals surface area contributed by atoms with Crippen LogP contribution in [0.1, 0.15) is 60.9 Å². The Morgan fingerprint density at radius 2 is 2.18 bits per heavy atom. The number of nitrogens with two attached hydrogens (primary N) is 1. The maximum Gasteiger partial charge on any atom is 0.280 e. The van der Waals surface area contributed by atoms with Crippen LogP contribution < -0.4 is 16.0 Å². The van der Waals surface area contributed by atoms with Crippen LogP contribution in [-0.2, 0) is 6.61 Å². The Morgan fingerprint density at radius 1 is 1.32 bits per heavy atom. The average molecular weight is 482 g/mol. The van der Waals surface area contributed by atoms with Gasteiger partial charge in [0.15, 0.2) is 5.82 Å². The molecule has 1 unspecified atom stereocenters. The van der Waals surface area contributed by atoms with Crippen LogP contribution in [0.5, 0.6) is 5.75 Å². The summed E-state index contributed by atoms with van der Waals surface area (Å²) in [5.74, 6) is 0.721. The number of aromatic amines is 1. The fourth-order valence-electron chi connectivity index (χ4n) is 4.18. The zero-order valence-corrected chi connectivity index (χ0v) is 19.4. The van der Waals surface area contributed by atoms with Crippen LogP contribution in [0.2, 0.25) is 5.02 Å². The van der Waals surface area contributed by atoms with Gasteiger partial charge in [0.2, 0.25) is 0 Å². The summed E-state index contributed by atoms with van der Waals surface area (Å²) in [6, 6.07) is 6.28. The number of hydrogen-bond acceptors (Lipinski definition) is 7. The SMILES string of the molecule is CC1=NN(C(=O)c2c(Cl)cccc2OCc2cc(=O)n3[nH]c(C4=CCCCC4)nc3n2)C(N)C1. The van der Waals surface area contributed by atoms with E-state index >= 15 is 0 Å². The lowest BCUT2D eigenvalue weighted by Gasteiger charge is -2.20. The van der Waals surface area contributed by atoms with Crippen molar-refractivity contribution in [1.82, 2.24) is 24.6 Å². The molecule has 3 aromatic rings. The molecule has 1 amide bonds. The number of nitrogens with one attached hydrogen (secondary N) is 1. The van der Waals surface area contributed by atoms with Crippen molar-refractivity contribution in [3.63, 3.8) is 0 Å². The fourth-order valence-corrected chi connectivity index (χ4v) is 4.43. The Bertz CT molecular complexity index is 1390. The van der Waals surface area contributed by atoms with Gasteiger partial charge in [0, 0.05) is 18.2 Å². The van der Waals surface area contributed by atoms with Gasteiger partial charge in [-0.05, 0) is 50.3 Å². The molecule has 0 fully saturated rings. The Balaban J connectivity index is 1.40. The van der Waals surface area contributed by atoms with Gasteiger partial charge in [-0.2, -0.15) is 14.6 Å². The molecule has 10 nitrogen and oxygen atoms in total. The van der Waals surface area contributed by atoms with Crippen LogP contribution in [0, 0.1) is 0 Å². The van der Waals surface area contributed by atoms with E-state index in [4.69, 9.17) is 22.1 Å². The normalized spacial score (nSPS) is 18.2. The van der Waals surface area contributed by atoms with Crippen molar-refractivity contribution in [2.24, 2.45) is 10.8 Å². The summed E-state index contributed by atoms with van der Waals surface area (Å²) >= 11 is 6.34. The van der Waals surface area contributed by atoms with Crippen molar-refractivity contribution in [3.8, 4) is 5.75 Å². The highest BCUT2D eigenvalue weighted by Gasteiger charge is 2.31. The molecule has 0 saturated heterocycles. The first kappa shape index (κ1) is 22.3. The van der Waals surface area contributed by atoms with Gasteiger partial charge in [0.1, 0.15) is 24.1 Å². The molecule has 34 heavy (non-hydrogen) atoms. The predicted octanol–water partition coefficient (Wildman–Crippen LogP) is 3.11. The van der Waals surface area contributed by atoms with Crippen LogP contribution >= 0.6 is 11.6 Å². The van der Waals surface area contributed by atoms with Crippen LogP contribution in [0.15, 0.2) is 40.2 Å². The van der Waals surface area contributed by atoms with E-state index in [1.165, 1.54) is 15.6 Å². The molecule has 176 valence electrons. The number of benzene rings is 1. The highest BCUT2D eigenvalue weighted by Crippen LogP contribution is 2.30. The molecule has 5 rings (SSSR count). The number of hydrazone groups is 1. The molecule has 0 bridgehead atoms. The number of allylic oxidation sites excluding steroid dienone is 2. The maximum absolute atomic E-state index is 13.1. The van der Waals surface area contributed by atoms with Crippen molar-refractivity contribution in [2.45, 2.75) is 51.8 Å². The van der Waals surface area contributed by atoms with Gasteiger partial charge in [0.25, 0.3) is 17.2 Å². The summed E-state index contributed by atoms with van der Waals surface area (Å²) < 4.78 is 7.21. The lowest BCUT2D eigenvalue weighted by Crippen LogP contribution is -2.39. The second-order valence-electron chi connectivity index (χ2n) is 8.43. The largest absolute Gasteiger partial charge is 0.486 e. The molecule has 2 aromatic heterocycles. The Morgan fingerprint density at radius 3 is 2.91 bits per heavy atom. The van der Waals surface area contributed by atoms with Crippen LogP contribution in [0.4, 0.5) is 0 Å². The summed E-state index contributed by atoms with van der Waals surface area (Å²) in [7, 11) is 0. The molecular formula is C23H24ClN7O3. The second-order valence-corrected chi connectivity index (χ2v) is 8.83. The molecule has 0 radical (unpaired) electrons. The van der Waals surface area contributed by atoms with Gasteiger partial charge in [-0.25, -0.2) is 9.99 Å².